The van der Waals surface area contributed by atoms with Crippen molar-refractivity contribution in [3.8, 4) is 11.5 Å². The molecule has 42 heavy (non-hydrogen) atoms. The number of ether oxygens (including phenoxy) is 2. The van der Waals surface area contributed by atoms with E-state index >= 15 is 0 Å². The van der Waals surface area contributed by atoms with Gasteiger partial charge in [-0.15, -0.1) is 0 Å². The lowest BCUT2D eigenvalue weighted by atomic mass is 9.59. The molecule has 1 unspecified atom stereocenters. The summed E-state index contributed by atoms with van der Waals surface area (Å²) in [5.41, 5.74) is 3.18. The van der Waals surface area contributed by atoms with Crippen molar-refractivity contribution in [2.45, 2.75) is 76.5 Å². The van der Waals surface area contributed by atoms with Gasteiger partial charge in [0.15, 0.2) is 0 Å². The van der Waals surface area contributed by atoms with Crippen LogP contribution in [0.5, 0.6) is 11.5 Å². The summed E-state index contributed by atoms with van der Waals surface area (Å²) in [6.07, 6.45) is 13.4. The average Bonchev–Trinajstić information content (AvgIpc) is 3.48. The molecule has 0 radical (unpaired) electrons. The minimum atomic E-state index is -0.148. The second kappa shape index (κ2) is 11.9. The predicted octanol–water partition coefficient (Wildman–Crippen LogP) is 8.07. The molecule has 2 aromatic carbocycles. The molecule has 4 saturated heterocycles. The number of methoxy groups -OCH3 is 2. The van der Waals surface area contributed by atoms with Crippen LogP contribution < -0.4 is 9.47 Å². The summed E-state index contributed by atoms with van der Waals surface area (Å²) in [6.45, 7) is 8.45. The Labute approximate surface area is 262 Å². The van der Waals surface area contributed by atoms with E-state index in [1.54, 1.807) is 14.2 Å². The summed E-state index contributed by atoms with van der Waals surface area (Å²) in [5, 5.41) is 1.17. The quantitative estimate of drug-likeness (QED) is 0.282. The molecule has 5 fully saturated rings. The van der Waals surface area contributed by atoms with E-state index in [9.17, 15) is 4.79 Å². The molecule has 4 heterocycles. The highest BCUT2D eigenvalue weighted by Crippen LogP contribution is 2.54. The Bertz CT molecular complexity index is 1270. The molecule has 2 bridgehead atoms. The fourth-order valence-corrected chi connectivity index (χ4v) is 9.35. The normalized spacial score (nSPS) is 29.6. The molecule has 1 saturated carbocycles. The number of hydrogen-bond acceptors (Lipinski definition) is 3. The molecule has 4 aliphatic heterocycles. The number of piperidine rings is 3. The minimum absolute atomic E-state index is 0.0220. The third-order valence-corrected chi connectivity index (χ3v) is 12.7. The highest BCUT2D eigenvalue weighted by molar-refractivity contribution is 6.42. The molecule has 2 aromatic rings. The minimum Gasteiger partial charge on any atom is -0.496 e. The zero-order valence-electron chi connectivity index (χ0n) is 25.7. The van der Waals surface area contributed by atoms with Crippen LogP contribution in [0.15, 0.2) is 30.3 Å². The number of carbonyl (C=O) groups is 1. The Kier molecular flexibility index (Phi) is 8.50. The predicted molar refractivity (Wildman–Crippen MR) is 170 cm³/mol. The first-order valence-electron chi connectivity index (χ1n) is 16.0. The first-order valence-corrected chi connectivity index (χ1v) is 16.8. The van der Waals surface area contributed by atoms with Crippen LogP contribution in [-0.4, -0.2) is 68.8 Å². The number of quaternary nitrogens is 1. The van der Waals surface area contributed by atoms with Gasteiger partial charge >= 0.3 is 0 Å². The van der Waals surface area contributed by atoms with Crippen LogP contribution in [0, 0.1) is 18.3 Å². The second-order valence-corrected chi connectivity index (χ2v) is 14.6. The Hall–Kier alpha value is -1.95. The number of likely N-dealkylation sites (tertiary alicyclic amines) is 1. The number of hydrogen-bond donors (Lipinski definition) is 0. The molecule has 0 spiro atoms. The number of amides is 1. The number of benzene rings is 2. The second-order valence-electron chi connectivity index (χ2n) is 13.8. The van der Waals surface area contributed by atoms with Crippen LogP contribution in [-0.2, 0) is 5.41 Å². The van der Waals surface area contributed by atoms with E-state index < -0.39 is 0 Å². The Morgan fingerprint density at radius 1 is 0.929 bits per heavy atom. The van der Waals surface area contributed by atoms with Gasteiger partial charge in [-0.05, 0) is 67.3 Å². The van der Waals surface area contributed by atoms with Crippen molar-refractivity contribution in [3.05, 3.63) is 57.1 Å². The number of nitrogens with zero attached hydrogens (tertiary/aromatic N) is 2. The number of rotatable bonds is 8. The maximum atomic E-state index is 13.9. The summed E-state index contributed by atoms with van der Waals surface area (Å²) in [7, 11) is 3.27. The highest BCUT2D eigenvalue weighted by Gasteiger charge is 2.53. The van der Waals surface area contributed by atoms with Crippen LogP contribution in [0.1, 0.15) is 85.7 Å². The van der Waals surface area contributed by atoms with Gasteiger partial charge in [0.1, 0.15) is 11.5 Å². The monoisotopic (exact) mass is 613 g/mol. The molecule has 228 valence electrons. The maximum absolute atomic E-state index is 13.9. The van der Waals surface area contributed by atoms with Gasteiger partial charge in [0.2, 0.25) is 0 Å². The van der Waals surface area contributed by atoms with E-state index in [4.69, 9.17) is 32.7 Å². The molecule has 1 atom stereocenters. The summed E-state index contributed by atoms with van der Waals surface area (Å²) < 4.78 is 12.4. The van der Waals surface area contributed by atoms with Crippen LogP contribution in [0.2, 0.25) is 10.0 Å². The van der Waals surface area contributed by atoms with E-state index in [-0.39, 0.29) is 11.3 Å². The molecule has 1 amide bonds. The molecule has 0 aromatic heterocycles. The van der Waals surface area contributed by atoms with Crippen molar-refractivity contribution >= 4 is 29.1 Å². The fourth-order valence-electron chi connectivity index (χ4n) is 9.05. The summed E-state index contributed by atoms with van der Waals surface area (Å²) in [4.78, 5) is 15.9. The largest absolute Gasteiger partial charge is 0.496 e. The van der Waals surface area contributed by atoms with Gasteiger partial charge in [0, 0.05) is 55.3 Å². The lowest BCUT2D eigenvalue weighted by Gasteiger charge is -2.58. The van der Waals surface area contributed by atoms with Crippen LogP contribution in [0.25, 0.3) is 0 Å². The molecule has 5 nitrogen and oxygen atoms in total. The summed E-state index contributed by atoms with van der Waals surface area (Å²) in [5.74, 6) is 2.32. The molecule has 0 N–H and O–H groups in total. The number of halogens is 2. The first-order chi connectivity index (χ1) is 20.2. The maximum Gasteiger partial charge on any atom is 0.254 e. The molecule has 5 aliphatic rings. The Balaban J connectivity index is 1.22. The Morgan fingerprint density at radius 2 is 1.57 bits per heavy atom. The number of fused-ring (bicyclic) bond motifs is 3. The third-order valence-electron chi connectivity index (χ3n) is 12.0. The van der Waals surface area contributed by atoms with Crippen molar-refractivity contribution in [2.24, 2.45) is 11.3 Å². The average molecular weight is 615 g/mol. The van der Waals surface area contributed by atoms with Crippen LogP contribution in [0.4, 0.5) is 0 Å². The van der Waals surface area contributed by atoms with Gasteiger partial charge in [-0.25, -0.2) is 0 Å². The van der Waals surface area contributed by atoms with E-state index in [1.807, 2.05) is 30.0 Å². The molecule has 7 rings (SSSR count). The van der Waals surface area contributed by atoms with Gasteiger partial charge in [-0.3, -0.25) is 4.79 Å². The molecule has 1 aliphatic carbocycles. The van der Waals surface area contributed by atoms with Gasteiger partial charge in [-0.2, -0.15) is 0 Å². The summed E-state index contributed by atoms with van der Waals surface area (Å²) >= 11 is 12.9. The van der Waals surface area contributed by atoms with Crippen molar-refractivity contribution < 1.29 is 18.8 Å². The standard InChI is InChI=1S/C35H47Cl2N2O3/c1-25-31(41-2)21-26(22-32(25)42-3)33(40)38-16-11-35(24-38,28-9-10-29(36)30(37)23-28)15-20-39-17-12-34(13-18-39,14-19-39)27-7-5-4-6-8-27/h9-10,21-23,27H,4-8,11-20,24H2,1-3H3/q+1. The van der Waals surface area contributed by atoms with Crippen LogP contribution >= 0.6 is 23.2 Å². The van der Waals surface area contributed by atoms with Gasteiger partial charge in [0.05, 0.1) is 50.4 Å². The van der Waals surface area contributed by atoms with Crippen molar-refractivity contribution in [1.29, 1.82) is 0 Å². The third kappa shape index (κ3) is 5.43. The lowest BCUT2D eigenvalue weighted by Crippen LogP contribution is -2.64. The topological polar surface area (TPSA) is 38.8 Å². The molecular weight excluding hydrogens is 567 g/mol. The van der Waals surface area contributed by atoms with Crippen molar-refractivity contribution in [1.82, 2.24) is 4.90 Å². The molecule has 7 heteroatoms. The van der Waals surface area contributed by atoms with Crippen LogP contribution in [0.3, 0.4) is 0 Å². The highest BCUT2D eigenvalue weighted by atomic mass is 35.5. The van der Waals surface area contributed by atoms with Gasteiger partial charge in [-0.1, -0.05) is 48.5 Å². The molecular formula is C35H47Cl2N2O3+. The van der Waals surface area contributed by atoms with Crippen molar-refractivity contribution in [3.63, 3.8) is 0 Å². The zero-order chi connectivity index (χ0) is 29.5. The number of carbonyl (C=O) groups excluding carboxylic acids is 1. The van der Waals surface area contributed by atoms with E-state index in [0.29, 0.717) is 45.6 Å². The van der Waals surface area contributed by atoms with Gasteiger partial charge < -0.3 is 18.9 Å². The fraction of sp³-hybridized carbons (Fsp3) is 0.629. The van der Waals surface area contributed by atoms with E-state index in [1.165, 1.54) is 81.0 Å². The smallest absolute Gasteiger partial charge is 0.254 e. The summed E-state index contributed by atoms with van der Waals surface area (Å²) in [6, 6.07) is 9.81. The lowest BCUT2D eigenvalue weighted by molar-refractivity contribution is -0.946. The van der Waals surface area contributed by atoms with E-state index in [0.717, 1.165) is 30.9 Å². The van der Waals surface area contributed by atoms with Crippen molar-refractivity contribution in [2.75, 3.05) is 53.5 Å². The van der Waals surface area contributed by atoms with E-state index in [2.05, 4.69) is 12.1 Å². The van der Waals surface area contributed by atoms with Gasteiger partial charge in [0.25, 0.3) is 5.91 Å². The SMILES string of the molecule is COc1cc(C(=O)N2CCC(CC[N+]34CCC(C5CCCCC5)(CC3)CC4)(c3ccc(Cl)c(Cl)c3)C2)cc(OC)c1C. The Morgan fingerprint density at radius 3 is 2.17 bits per heavy atom. The zero-order valence-corrected chi connectivity index (χ0v) is 27.2. The first kappa shape index (κ1) is 30.1.